The number of ether oxygens (including phenoxy) is 1. The fourth-order valence-corrected chi connectivity index (χ4v) is 2.11. The van der Waals surface area contributed by atoms with E-state index in [1.807, 2.05) is 0 Å². The highest BCUT2D eigenvalue weighted by Crippen LogP contribution is 2.29. The summed E-state index contributed by atoms with van der Waals surface area (Å²) in [6.07, 6.45) is -2.19. The third-order valence-electron chi connectivity index (χ3n) is 3.42. The van der Waals surface area contributed by atoms with Crippen molar-refractivity contribution in [1.29, 1.82) is 0 Å². The largest absolute Gasteiger partial charge is 0.465 e. The molecule has 0 amide bonds. The Morgan fingerprint density at radius 2 is 2.09 bits per heavy atom. The van der Waals surface area contributed by atoms with Gasteiger partial charge in [0.2, 0.25) is 0 Å². The van der Waals surface area contributed by atoms with E-state index in [4.69, 9.17) is 0 Å². The zero-order valence-corrected chi connectivity index (χ0v) is 12.7. The minimum absolute atomic E-state index is 0.00781. The minimum Gasteiger partial charge on any atom is -0.465 e. The third-order valence-corrected chi connectivity index (χ3v) is 3.42. The van der Waals surface area contributed by atoms with Crippen molar-refractivity contribution in [3.63, 3.8) is 0 Å². The molecule has 0 aliphatic carbocycles. The molecule has 0 aromatic heterocycles. The van der Waals surface area contributed by atoms with E-state index in [0.717, 1.165) is 12.1 Å². The molecule has 2 unspecified atom stereocenters. The van der Waals surface area contributed by atoms with Crippen LogP contribution in [0.15, 0.2) is 12.1 Å². The van der Waals surface area contributed by atoms with Crippen LogP contribution in [0.25, 0.3) is 0 Å². The fraction of sp³-hybridized carbons (Fsp3) is 0.500. The van der Waals surface area contributed by atoms with Crippen LogP contribution in [0.5, 0.6) is 0 Å². The second kappa shape index (κ2) is 7.83. The number of nitro benzene ring substituents is 1. The predicted molar refractivity (Wildman–Crippen MR) is 78.7 cm³/mol. The highest BCUT2D eigenvalue weighted by atomic mass is 16.6. The maximum atomic E-state index is 11.7. The second-order valence-corrected chi connectivity index (χ2v) is 4.86. The first-order valence-corrected chi connectivity index (χ1v) is 6.71. The number of hydrogen-bond donors (Lipinski definition) is 3. The first kappa shape index (κ1) is 18.0. The minimum atomic E-state index is -1.34. The van der Waals surface area contributed by atoms with E-state index >= 15 is 0 Å². The maximum Gasteiger partial charge on any atom is 0.338 e. The van der Waals surface area contributed by atoms with Gasteiger partial charge in [-0.05, 0) is 38.1 Å². The average Bonchev–Trinajstić information content (AvgIpc) is 2.50. The van der Waals surface area contributed by atoms with Crippen LogP contribution < -0.4 is 5.32 Å². The van der Waals surface area contributed by atoms with E-state index in [9.17, 15) is 25.1 Å². The van der Waals surface area contributed by atoms with Gasteiger partial charge in [0.15, 0.2) is 0 Å². The summed E-state index contributed by atoms with van der Waals surface area (Å²) in [5.41, 5.74) is 0.124. The third kappa shape index (κ3) is 4.00. The molecule has 0 bridgehead atoms. The van der Waals surface area contributed by atoms with Gasteiger partial charge in [-0.15, -0.1) is 0 Å². The second-order valence-electron chi connectivity index (χ2n) is 4.86. The topological polar surface area (TPSA) is 122 Å². The molecule has 0 radical (unpaired) electrons. The zero-order valence-electron chi connectivity index (χ0n) is 12.7. The zero-order chi connectivity index (χ0) is 16.9. The quantitative estimate of drug-likeness (QED) is 0.384. The summed E-state index contributed by atoms with van der Waals surface area (Å²) in [5, 5.41) is 34.0. The molecule has 8 heteroatoms. The Bertz CT molecular complexity index is 561. The van der Waals surface area contributed by atoms with Crippen LogP contribution in [-0.4, -0.2) is 47.9 Å². The number of nitrogens with zero attached hydrogens (tertiary/aromatic N) is 1. The Balaban J connectivity index is 3.30. The number of carbonyl (C=O) groups excluding carboxylic acids is 1. The Hall–Kier alpha value is -2.03. The Kier molecular flexibility index (Phi) is 6.41. The van der Waals surface area contributed by atoms with Crippen LogP contribution >= 0.6 is 0 Å². The van der Waals surface area contributed by atoms with Crippen molar-refractivity contribution in [1.82, 2.24) is 5.32 Å². The molecule has 0 heterocycles. The molecule has 0 aliphatic rings. The summed E-state index contributed by atoms with van der Waals surface area (Å²) in [6.45, 7) is 2.01. The highest BCUT2D eigenvalue weighted by molar-refractivity contribution is 5.92. The molecular formula is C14H20N2O6. The molecule has 0 fully saturated rings. The summed E-state index contributed by atoms with van der Waals surface area (Å²) in [7, 11) is 2.87. The molecule has 0 spiro atoms. The summed E-state index contributed by atoms with van der Waals surface area (Å²) in [5.74, 6) is -0.737. The van der Waals surface area contributed by atoms with Crippen LogP contribution in [0.3, 0.4) is 0 Å². The molecule has 1 rings (SSSR count). The number of methoxy groups -OCH3 is 1. The Labute approximate surface area is 127 Å². The summed E-state index contributed by atoms with van der Waals surface area (Å²) in [4.78, 5) is 22.1. The van der Waals surface area contributed by atoms with Crippen LogP contribution in [0.2, 0.25) is 0 Å². The number of nitrogens with one attached hydrogen (secondary N) is 1. The van der Waals surface area contributed by atoms with Gasteiger partial charge in [-0.1, -0.05) is 0 Å². The maximum absolute atomic E-state index is 11.7. The molecular weight excluding hydrogens is 292 g/mol. The normalized spacial score (nSPS) is 13.5. The lowest BCUT2D eigenvalue weighted by atomic mass is 9.93. The van der Waals surface area contributed by atoms with Gasteiger partial charge in [-0.3, -0.25) is 10.1 Å². The van der Waals surface area contributed by atoms with Crippen molar-refractivity contribution in [3.8, 4) is 0 Å². The molecule has 22 heavy (non-hydrogen) atoms. The molecule has 0 saturated heterocycles. The lowest BCUT2D eigenvalue weighted by molar-refractivity contribution is -0.385. The molecule has 1 aromatic rings. The van der Waals surface area contributed by atoms with Gasteiger partial charge in [0.1, 0.15) is 6.10 Å². The van der Waals surface area contributed by atoms with Crippen molar-refractivity contribution in [3.05, 3.63) is 38.9 Å². The first-order chi connectivity index (χ1) is 10.3. The standard InChI is InChI=1S/C14H20N2O6/c1-8-10(13(18)12(17)4-5-15-2)6-9(16(20)21)7-11(8)14(19)22-3/h6-7,12-13,15,17-18H,4-5H2,1-3H3. The number of hydrogen-bond acceptors (Lipinski definition) is 7. The van der Waals surface area contributed by atoms with E-state index in [0.29, 0.717) is 12.1 Å². The van der Waals surface area contributed by atoms with E-state index in [2.05, 4.69) is 10.1 Å². The van der Waals surface area contributed by atoms with Gasteiger partial charge in [-0.2, -0.15) is 0 Å². The number of benzene rings is 1. The molecule has 3 N–H and O–H groups in total. The van der Waals surface area contributed by atoms with Crippen molar-refractivity contribution in [2.75, 3.05) is 20.7 Å². The van der Waals surface area contributed by atoms with E-state index < -0.39 is 23.1 Å². The smallest absolute Gasteiger partial charge is 0.338 e. The summed E-state index contributed by atoms with van der Waals surface area (Å²) < 4.78 is 4.60. The van der Waals surface area contributed by atoms with Crippen LogP contribution in [0.1, 0.15) is 34.0 Å². The van der Waals surface area contributed by atoms with Crippen molar-refractivity contribution < 1.29 is 24.7 Å². The number of esters is 1. The van der Waals surface area contributed by atoms with Crippen LogP contribution in [-0.2, 0) is 4.74 Å². The molecule has 1 aromatic carbocycles. The van der Waals surface area contributed by atoms with Crippen molar-refractivity contribution >= 4 is 11.7 Å². The first-order valence-electron chi connectivity index (χ1n) is 6.71. The summed E-state index contributed by atoms with van der Waals surface area (Å²) >= 11 is 0. The van der Waals surface area contributed by atoms with E-state index in [1.165, 1.54) is 7.11 Å². The molecule has 0 aliphatic heterocycles. The lowest BCUT2D eigenvalue weighted by Crippen LogP contribution is -2.24. The van der Waals surface area contributed by atoms with Crippen LogP contribution in [0.4, 0.5) is 5.69 Å². The lowest BCUT2D eigenvalue weighted by Gasteiger charge is -2.20. The van der Waals surface area contributed by atoms with Crippen molar-refractivity contribution in [2.45, 2.75) is 25.6 Å². The average molecular weight is 312 g/mol. The van der Waals surface area contributed by atoms with Gasteiger partial charge in [-0.25, -0.2) is 4.79 Å². The summed E-state index contributed by atoms with van der Waals surface area (Å²) in [6, 6.07) is 2.26. The number of aliphatic hydroxyl groups excluding tert-OH is 2. The van der Waals surface area contributed by atoms with Gasteiger partial charge in [0.25, 0.3) is 5.69 Å². The van der Waals surface area contributed by atoms with Gasteiger partial charge in [0.05, 0.1) is 23.7 Å². The monoisotopic (exact) mass is 312 g/mol. The molecule has 8 nitrogen and oxygen atoms in total. The van der Waals surface area contributed by atoms with Gasteiger partial charge < -0.3 is 20.3 Å². The highest BCUT2D eigenvalue weighted by Gasteiger charge is 2.26. The number of non-ortho nitro benzene ring substituents is 1. The predicted octanol–water partition coefficient (Wildman–Crippen LogP) is 0.694. The fourth-order valence-electron chi connectivity index (χ4n) is 2.11. The van der Waals surface area contributed by atoms with Crippen molar-refractivity contribution in [2.24, 2.45) is 0 Å². The number of aliphatic hydroxyl groups is 2. The van der Waals surface area contributed by atoms with Crippen LogP contribution in [0, 0.1) is 17.0 Å². The molecule has 122 valence electrons. The SMILES string of the molecule is CNCCC(O)C(O)c1cc([N+](=O)[O-])cc(C(=O)OC)c1C. The molecule has 0 saturated carbocycles. The number of carbonyl (C=O) groups is 1. The Morgan fingerprint density at radius 1 is 1.45 bits per heavy atom. The van der Waals surface area contributed by atoms with Gasteiger partial charge >= 0.3 is 5.97 Å². The number of nitro groups is 1. The molecule has 2 atom stereocenters. The van der Waals surface area contributed by atoms with E-state index in [-0.39, 0.29) is 23.2 Å². The van der Waals surface area contributed by atoms with E-state index in [1.54, 1.807) is 14.0 Å². The Morgan fingerprint density at radius 3 is 2.59 bits per heavy atom. The number of rotatable bonds is 7. The van der Waals surface area contributed by atoms with Gasteiger partial charge in [0, 0.05) is 12.1 Å².